The van der Waals surface area contributed by atoms with Gasteiger partial charge >= 0.3 is 0 Å². The van der Waals surface area contributed by atoms with E-state index in [2.05, 4.69) is 10.3 Å². The SMILES string of the molecule is COc1cc(NCc2cccnc2)c(OC)cc1Cl. The van der Waals surface area contributed by atoms with Crippen LogP contribution < -0.4 is 14.8 Å². The zero-order valence-electron chi connectivity index (χ0n) is 10.8. The van der Waals surface area contributed by atoms with Gasteiger partial charge in [-0.2, -0.15) is 0 Å². The molecule has 0 spiro atoms. The zero-order chi connectivity index (χ0) is 13.7. The molecule has 2 rings (SSSR count). The van der Waals surface area contributed by atoms with Crippen LogP contribution in [-0.4, -0.2) is 19.2 Å². The number of methoxy groups -OCH3 is 2. The summed E-state index contributed by atoms with van der Waals surface area (Å²) in [5.74, 6) is 1.28. The number of nitrogens with zero attached hydrogens (tertiary/aromatic N) is 1. The van der Waals surface area contributed by atoms with Gasteiger partial charge in [-0.3, -0.25) is 4.98 Å². The van der Waals surface area contributed by atoms with Gasteiger partial charge in [0, 0.05) is 31.1 Å². The van der Waals surface area contributed by atoms with Crippen LogP contribution in [-0.2, 0) is 6.54 Å². The van der Waals surface area contributed by atoms with E-state index in [0.29, 0.717) is 23.1 Å². The first kappa shape index (κ1) is 13.5. The van der Waals surface area contributed by atoms with E-state index in [0.717, 1.165) is 11.3 Å². The monoisotopic (exact) mass is 278 g/mol. The summed E-state index contributed by atoms with van der Waals surface area (Å²) in [6.45, 7) is 0.648. The lowest BCUT2D eigenvalue weighted by Gasteiger charge is -2.13. The summed E-state index contributed by atoms with van der Waals surface area (Å²) < 4.78 is 10.5. The lowest BCUT2D eigenvalue weighted by atomic mass is 10.2. The average Bonchev–Trinajstić information content (AvgIpc) is 2.46. The van der Waals surface area contributed by atoms with Crippen molar-refractivity contribution < 1.29 is 9.47 Å². The fraction of sp³-hybridized carbons (Fsp3) is 0.214. The summed E-state index contributed by atoms with van der Waals surface area (Å²) in [5, 5.41) is 3.80. The summed E-state index contributed by atoms with van der Waals surface area (Å²) in [6.07, 6.45) is 3.56. The second-order valence-corrected chi connectivity index (χ2v) is 4.31. The molecule has 0 atom stereocenters. The molecular formula is C14H15ClN2O2. The first-order valence-corrected chi connectivity index (χ1v) is 6.16. The molecule has 1 aromatic heterocycles. The molecule has 2 aromatic rings. The van der Waals surface area contributed by atoms with Gasteiger partial charge in [0.25, 0.3) is 0 Å². The van der Waals surface area contributed by atoms with Crippen molar-refractivity contribution in [3.05, 3.63) is 47.2 Å². The third-order valence-electron chi connectivity index (χ3n) is 2.68. The van der Waals surface area contributed by atoms with Crippen molar-refractivity contribution in [1.82, 2.24) is 4.98 Å². The van der Waals surface area contributed by atoms with Gasteiger partial charge in [0.05, 0.1) is 24.9 Å². The Bertz CT molecular complexity index is 547. The minimum atomic E-state index is 0.520. The van der Waals surface area contributed by atoms with Crippen LogP contribution in [0.3, 0.4) is 0 Å². The van der Waals surface area contributed by atoms with E-state index in [-0.39, 0.29) is 0 Å². The number of anilines is 1. The van der Waals surface area contributed by atoms with Gasteiger partial charge in [-0.15, -0.1) is 0 Å². The lowest BCUT2D eigenvalue weighted by Crippen LogP contribution is -2.02. The Morgan fingerprint density at radius 1 is 1.21 bits per heavy atom. The van der Waals surface area contributed by atoms with Gasteiger partial charge in [-0.1, -0.05) is 17.7 Å². The summed E-state index contributed by atoms with van der Waals surface area (Å²) in [4.78, 5) is 4.07. The maximum atomic E-state index is 6.05. The fourth-order valence-corrected chi connectivity index (χ4v) is 1.93. The highest BCUT2D eigenvalue weighted by Gasteiger charge is 2.09. The largest absolute Gasteiger partial charge is 0.495 e. The Kier molecular flexibility index (Phi) is 4.47. The van der Waals surface area contributed by atoms with Gasteiger partial charge in [0.15, 0.2) is 0 Å². The van der Waals surface area contributed by atoms with E-state index >= 15 is 0 Å². The minimum Gasteiger partial charge on any atom is -0.495 e. The number of pyridine rings is 1. The van der Waals surface area contributed by atoms with Crippen molar-refractivity contribution in [2.45, 2.75) is 6.54 Å². The number of hydrogen-bond donors (Lipinski definition) is 1. The van der Waals surface area contributed by atoms with E-state index in [4.69, 9.17) is 21.1 Å². The molecule has 1 N–H and O–H groups in total. The lowest BCUT2D eigenvalue weighted by molar-refractivity contribution is 0.404. The first-order valence-electron chi connectivity index (χ1n) is 5.79. The summed E-state index contributed by atoms with van der Waals surface area (Å²) >= 11 is 6.05. The van der Waals surface area contributed by atoms with Gasteiger partial charge in [0.2, 0.25) is 0 Å². The second-order valence-electron chi connectivity index (χ2n) is 3.90. The van der Waals surface area contributed by atoms with Gasteiger partial charge in [-0.05, 0) is 11.6 Å². The Labute approximate surface area is 117 Å². The van der Waals surface area contributed by atoms with Gasteiger partial charge in [-0.25, -0.2) is 0 Å². The molecule has 0 aliphatic heterocycles. The maximum Gasteiger partial charge on any atom is 0.143 e. The molecule has 4 nitrogen and oxygen atoms in total. The molecule has 5 heteroatoms. The summed E-state index contributed by atoms with van der Waals surface area (Å²) in [6, 6.07) is 7.44. The second kappa shape index (κ2) is 6.29. The molecule has 1 heterocycles. The third kappa shape index (κ3) is 3.29. The molecule has 0 amide bonds. The van der Waals surface area contributed by atoms with Crippen LogP contribution in [0.5, 0.6) is 11.5 Å². The number of rotatable bonds is 5. The third-order valence-corrected chi connectivity index (χ3v) is 2.98. The molecule has 1 aromatic carbocycles. The van der Waals surface area contributed by atoms with Crippen LogP contribution in [0.15, 0.2) is 36.7 Å². The molecule has 100 valence electrons. The predicted octanol–water partition coefficient (Wildman–Crippen LogP) is 3.36. The van der Waals surface area contributed by atoms with Crippen molar-refractivity contribution in [2.24, 2.45) is 0 Å². The molecule has 0 aliphatic carbocycles. The molecule has 0 fully saturated rings. The predicted molar refractivity (Wildman–Crippen MR) is 76.1 cm³/mol. The normalized spacial score (nSPS) is 10.1. The molecule has 0 aliphatic rings. The van der Waals surface area contributed by atoms with Crippen LogP contribution in [0.1, 0.15) is 5.56 Å². The van der Waals surface area contributed by atoms with Crippen LogP contribution in [0.2, 0.25) is 5.02 Å². The maximum absolute atomic E-state index is 6.05. The highest BCUT2D eigenvalue weighted by atomic mass is 35.5. The average molecular weight is 279 g/mol. The molecule has 19 heavy (non-hydrogen) atoms. The van der Waals surface area contributed by atoms with Gasteiger partial charge < -0.3 is 14.8 Å². The molecule has 0 bridgehead atoms. The smallest absolute Gasteiger partial charge is 0.143 e. The number of halogens is 1. The van der Waals surface area contributed by atoms with Crippen molar-refractivity contribution in [1.29, 1.82) is 0 Å². The molecule has 0 radical (unpaired) electrons. The minimum absolute atomic E-state index is 0.520. The molecule has 0 saturated heterocycles. The summed E-state index contributed by atoms with van der Waals surface area (Å²) in [5.41, 5.74) is 1.91. The standard InChI is InChI=1S/C14H15ClN2O2/c1-18-13-7-12(14(19-2)6-11(13)15)17-9-10-4-3-5-16-8-10/h3-8,17H,9H2,1-2H3. The highest BCUT2D eigenvalue weighted by Crippen LogP contribution is 2.35. The van der Waals surface area contributed by atoms with E-state index < -0.39 is 0 Å². The van der Waals surface area contributed by atoms with Crippen LogP contribution in [0.4, 0.5) is 5.69 Å². The Hall–Kier alpha value is -1.94. The fourth-order valence-electron chi connectivity index (χ4n) is 1.70. The quantitative estimate of drug-likeness (QED) is 0.911. The van der Waals surface area contributed by atoms with E-state index in [1.807, 2.05) is 24.4 Å². The number of hydrogen-bond acceptors (Lipinski definition) is 4. The van der Waals surface area contributed by atoms with E-state index in [1.54, 1.807) is 26.5 Å². The van der Waals surface area contributed by atoms with Crippen LogP contribution in [0, 0.1) is 0 Å². The number of benzene rings is 1. The molecular weight excluding hydrogens is 264 g/mol. The van der Waals surface area contributed by atoms with Crippen molar-refractivity contribution in [2.75, 3.05) is 19.5 Å². The molecule has 0 saturated carbocycles. The van der Waals surface area contributed by atoms with E-state index in [9.17, 15) is 0 Å². The van der Waals surface area contributed by atoms with Crippen molar-refractivity contribution in [3.63, 3.8) is 0 Å². The van der Waals surface area contributed by atoms with Crippen LogP contribution in [0.25, 0.3) is 0 Å². The van der Waals surface area contributed by atoms with Gasteiger partial charge in [0.1, 0.15) is 11.5 Å². The van der Waals surface area contributed by atoms with E-state index in [1.165, 1.54) is 0 Å². The Balaban J connectivity index is 2.19. The highest BCUT2D eigenvalue weighted by molar-refractivity contribution is 6.32. The number of aromatic nitrogens is 1. The number of ether oxygens (including phenoxy) is 2. The van der Waals surface area contributed by atoms with Crippen molar-refractivity contribution in [3.8, 4) is 11.5 Å². The Morgan fingerprint density at radius 2 is 2.00 bits per heavy atom. The Morgan fingerprint density at radius 3 is 2.63 bits per heavy atom. The summed E-state index contributed by atoms with van der Waals surface area (Å²) in [7, 11) is 3.19. The zero-order valence-corrected chi connectivity index (χ0v) is 11.6. The van der Waals surface area contributed by atoms with Crippen LogP contribution >= 0.6 is 11.6 Å². The topological polar surface area (TPSA) is 43.4 Å². The van der Waals surface area contributed by atoms with Crippen molar-refractivity contribution >= 4 is 17.3 Å². The first-order chi connectivity index (χ1) is 9.24. The number of nitrogens with one attached hydrogen (secondary N) is 1. The molecule has 0 unspecified atom stereocenters.